The molecule has 0 atom stereocenters. The van der Waals surface area contributed by atoms with Crippen molar-refractivity contribution in [3.05, 3.63) is 59.9 Å². The van der Waals surface area contributed by atoms with Crippen LogP contribution in [0.15, 0.2) is 53.4 Å². The maximum atomic E-state index is 13.0. The Morgan fingerprint density at radius 1 is 1.07 bits per heavy atom. The van der Waals surface area contributed by atoms with Crippen molar-refractivity contribution in [1.82, 2.24) is 4.31 Å². The standard InChI is InChI=1S/C23H29FN2O3S/c1-4-23(2,3)18-5-11-21(12-6-18)30(28,29)26-15-13-17(14-16-26)22(27)25-20-9-7-19(24)8-10-20/h5-12,17H,4,13-16H2,1-3H3,(H,25,27). The summed E-state index contributed by atoms with van der Waals surface area (Å²) in [7, 11) is -3.58. The van der Waals surface area contributed by atoms with Crippen LogP contribution in [0.25, 0.3) is 0 Å². The Morgan fingerprint density at radius 3 is 2.17 bits per heavy atom. The highest BCUT2D eigenvalue weighted by Crippen LogP contribution is 2.29. The van der Waals surface area contributed by atoms with Gasteiger partial charge >= 0.3 is 0 Å². The molecule has 5 nitrogen and oxygen atoms in total. The lowest BCUT2D eigenvalue weighted by molar-refractivity contribution is -0.120. The Morgan fingerprint density at radius 2 is 1.63 bits per heavy atom. The van der Waals surface area contributed by atoms with Crippen molar-refractivity contribution in [3.63, 3.8) is 0 Å². The van der Waals surface area contributed by atoms with Gasteiger partial charge in [0.25, 0.3) is 0 Å². The molecule has 2 aromatic carbocycles. The molecule has 1 aliphatic heterocycles. The van der Waals surface area contributed by atoms with Crippen LogP contribution in [-0.4, -0.2) is 31.7 Å². The Balaban J connectivity index is 1.62. The van der Waals surface area contributed by atoms with Crippen molar-refractivity contribution in [2.45, 2.75) is 50.3 Å². The van der Waals surface area contributed by atoms with E-state index in [4.69, 9.17) is 0 Å². The zero-order valence-corrected chi connectivity index (χ0v) is 18.5. The van der Waals surface area contributed by atoms with Gasteiger partial charge in [0.1, 0.15) is 5.82 Å². The average Bonchev–Trinajstić information content (AvgIpc) is 2.75. The molecule has 0 saturated carbocycles. The first-order valence-electron chi connectivity index (χ1n) is 10.3. The fraction of sp³-hybridized carbons (Fsp3) is 0.435. The first-order chi connectivity index (χ1) is 14.1. The number of hydrogen-bond acceptors (Lipinski definition) is 3. The van der Waals surface area contributed by atoms with Crippen molar-refractivity contribution >= 4 is 21.6 Å². The van der Waals surface area contributed by atoms with Crippen LogP contribution in [0.1, 0.15) is 45.6 Å². The number of carbonyl (C=O) groups is 1. The zero-order chi connectivity index (χ0) is 21.9. The van der Waals surface area contributed by atoms with E-state index < -0.39 is 10.0 Å². The van der Waals surface area contributed by atoms with Crippen LogP contribution < -0.4 is 5.32 Å². The maximum absolute atomic E-state index is 13.0. The largest absolute Gasteiger partial charge is 0.326 e. The van der Waals surface area contributed by atoms with Gasteiger partial charge in [-0.15, -0.1) is 0 Å². The first kappa shape index (κ1) is 22.4. The van der Waals surface area contributed by atoms with Crippen LogP contribution >= 0.6 is 0 Å². The van der Waals surface area contributed by atoms with Gasteiger partial charge in [-0.3, -0.25) is 4.79 Å². The van der Waals surface area contributed by atoms with Gasteiger partial charge in [-0.2, -0.15) is 4.31 Å². The smallest absolute Gasteiger partial charge is 0.243 e. The third-order valence-corrected chi connectivity index (χ3v) is 8.01. The third-order valence-electron chi connectivity index (χ3n) is 6.09. The highest BCUT2D eigenvalue weighted by atomic mass is 32.2. The molecule has 1 aliphatic rings. The lowest BCUT2D eigenvalue weighted by Gasteiger charge is -2.31. The van der Waals surface area contributed by atoms with Crippen molar-refractivity contribution in [3.8, 4) is 0 Å². The topological polar surface area (TPSA) is 66.5 Å². The molecule has 1 saturated heterocycles. The van der Waals surface area contributed by atoms with Crippen molar-refractivity contribution in [2.24, 2.45) is 5.92 Å². The minimum atomic E-state index is -3.58. The summed E-state index contributed by atoms with van der Waals surface area (Å²) < 4.78 is 40.5. The predicted octanol–water partition coefficient (Wildman–Crippen LogP) is 4.55. The van der Waals surface area contributed by atoms with E-state index in [2.05, 4.69) is 26.1 Å². The van der Waals surface area contributed by atoms with E-state index in [-0.39, 0.29) is 28.0 Å². The van der Waals surface area contributed by atoms with Crippen LogP contribution in [-0.2, 0) is 20.2 Å². The normalized spacial score (nSPS) is 16.4. The Hall–Kier alpha value is -2.25. The zero-order valence-electron chi connectivity index (χ0n) is 17.7. The summed E-state index contributed by atoms with van der Waals surface area (Å²) in [5.41, 5.74) is 1.64. The number of piperidine rings is 1. The number of halogens is 1. The molecule has 0 spiro atoms. The monoisotopic (exact) mass is 432 g/mol. The van der Waals surface area contributed by atoms with Gasteiger partial charge in [-0.1, -0.05) is 32.9 Å². The maximum Gasteiger partial charge on any atom is 0.243 e. The molecule has 30 heavy (non-hydrogen) atoms. The summed E-state index contributed by atoms with van der Waals surface area (Å²) in [6, 6.07) is 12.7. The molecule has 2 aromatic rings. The number of carbonyl (C=O) groups excluding carboxylic acids is 1. The van der Waals surface area contributed by atoms with E-state index >= 15 is 0 Å². The van der Waals surface area contributed by atoms with Crippen LogP contribution in [0, 0.1) is 11.7 Å². The summed E-state index contributed by atoms with van der Waals surface area (Å²) >= 11 is 0. The van der Waals surface area contributed by atoms with Crippen LogP contribution in [0.2, 0.25) is 0 Å². The number of rotatable bonds is 6. The van der Waals surface area contributed by atoms with E-state index in [1.807, 2.05) is 12.1 Å². The fourth-order valence-corrected chi connectivity index (χ4v) is 5.04. The van der Waals surface area contributed by atoms with Gasteiger partial charge in [0.2, 0.25) is 15.9 Å². The van der Waals surface area contributed by atoms with Crippen molar-refractivity contribution in [1.29, 1.82) is 0 Å². The molecular formula is C23H29FN2O3S. The second-order valence-corrected chi connectivity index (χ2v) is 10.4. The number of benzene rings is 2. The quantitative estimate of drug-likeness (QED) is 0.728. The molecule has 1 N–H and O–H groups in total. The number of hydrogen-bond donors (Lipinski definition) is 1. The molecule has 0 aromatic heterocycles. The molecule has 1 amide bonds. The SMILES string of the molecule is CCC(C)(C)c1ccc(S(=O)(=O)N2CCC(C(=O)Nc3ccc(F)cc3)CC2)cc1. The number of nitrogens with one attached hydrogen (secondary N) is 1. The molecule has 1 heterocycles. The third kappa shape index (κ3) is 4.90. The molecule has 0 unspecified atom stereocenters. The Labute approximate surface area is 178 Å². The van der Waals surface area contributed by atoms with E-state index in [0.29, 0.717) is 31.6 Å². The summed E-state index contributed by atoms with van der Waals surface area (Å²) in [5.74, 6) is -0.795. The number of anilines is 1. The van der Waals surface area contributed by atoms with Crippen LogP contribution in [0.3, 0.4) is 0 Å². The highest BCUT2D eigenvalue weighted by Gasteiger charge is 2.32. The van der Waals surface area contributed by atoms with Crippen LogP contribution in [0.5, 0.6) is 0 Å². The molecule has 0 aliphatic carbocycles. The molecule has 0 radical (unpaired) electrons. The lowest BCUT2D eigenvalue weighted by Crippen LogP contribution is -2.41. The van der Waals surface area contributed by atoms with E-state index in [0.717, 1.165) is 12.0 Å². The molecule has 0 bridgehead atoms. The second kappa shape index (κ2) is 8.86. The van der Waals surface area contributed by atoms with Crippen LogP contribution in [0.4, 0.5) is 10.1 Å². The number of nitrogens with zero attached hydrogens (tertiary/aromatic N) is 1. The molecule has 7 heteroatoms. The van der Waals surface area contributed by atoms with Gasteiger partial charge in [-0.25, -0.2) is 12.8 Å². The lowest BCUT2D eigenvalue weighted by atomic mass is 9.82. The molecule has 3 rings (SSSR count). The van der Waals surface area contributed by atoms with Gasteiger partial charge in [-0.05, 0) is 66.6 Å². The van der Waals surface area contributed by atoms with Crippen molar-refractivity contribution in [2.75, 3.05) is 18.4 Å². The molecular weight excluding hydrogens is 403 g/mol. The van der Waals surface area contributed by atoms with E-state index in [1.54, 1.807) is 12.1 Å². The molecule has 1 fully saturated rings. The predicted molar refractivity (Wildman–Crippen MR) is 116 cm³/mol. The molecule has 162 valence electrons. The van der Waals surface area contributed by atoms with E-state index in [9.17, 15) is 17.6 Å². The number of amides is 1. The Kier molecular flexibility index (Phi) is 6.62. The summed E-state index contributed by atoms with van der Waals surface area (Å²) in [5, 5.41) is 2.78. The second-order valence-electron chi connectivity index (χ2n) is 8.44. The minimum absolute atomic E-state index is 0.00147. The summed E-state index contributed by atoms with van der Waals surface area (Å²) in [6.45, 7) is 6.98. The summed E-state index contributed by atoms with van der Waals surface area (Å²) in [6.07, 6.45) is 1.87. The van der Waals surface area contributed by atoms with Gasteiger partial charge in [0.15, 0.2) is 0 Å². The fourth-order valence-electron chi connectivity index (χ4n) is 3.57. The van der Waals surface area contributed by atoms with Gasteiger partial charge in [0.05, 0.1) is 4.90 Å². The van der Waals surface area contributed by atoms with E-state index in [1.165, 1.54) is 28.6 Å². The highest BCUT2D eigenvalue weighted by molar-refractivity contribution is 7.89. The van der Waals surface area contributed by atoms with Gasteiger partial charge < -0.3 is 5.32 Å². The number of sulfonamides is 1. The van der Waals surface area contributed by atoms with Gasteiger partial charge in [0, 0.05) is 24.7 Å². The average molecular weight is 433 g/mol. The summed E-state index contributed by atoms with van der Waals surface area (Å²) in [4.78, 5) is 12.8. The minimum Gasteiger partial charge on any atom is -0.326 e. The first-order valence-corrected chi connectivity index (χ1v) is 11.7. The van der Waals surface area contributed by atoms with Crippen molar-refractivity contribution < 1.29 is 17.6 Å². The Bertz CT molecular complexity index is 978.